The van der Waals surface area contributed by atoms with Gasteiger partial charge in [-0.2, -0.15) is 0 Å². The third-order valence-corrected chi connectivity index (χ3v) is 12.6. The van der Waals surface area contributed by atoms with E-state index in [1.165, 1.54) is 0 Å². The van der Waals surface area contributed by atoms with Crippen molar-refractivity contribution >= 4 is 14.3 Å². The van der Waals surface area contributed by atoms with Crippen molar-refractivity contribution in [2.75, 3.05) is 13.7 Å². The first-order valence-corrected chi connectivity index (χ1v) is 17.9. The molecule has 0 bridgehead atoms. The van der Waals surface area contributed by atoms with E-state index in [0.29, 0.717) is 0 Å². The van der Waals surface area contributed by atoms with Crippen LogP contribution in [0.4, 0.5) is 0 Å². The monoisotopic (exact) mass is 624 g/mol. The summed E-state index contributed by atoms with van der Waals surface area (Å²) in [6.45, 7) is 11.4. The van der Waals surface area contributed by atoms with Crippen LogP contribution >= 0.6 is 0 Å². The maximum absolute atomic E-state index is 12.4. The second-order valence-electron chi connectivity index (χ2n) is 12.4. The summed E-state index contributed by atoms with van der Waals surface area (Å²) >= 11 is 0. The molecule has 0 saturated carbocycles. The second-order valence-corrected chi connectivity index (χ2v) is 17.2. The minimum absolute atomic E-state index is 0.0683. The van der Waals surface area contributed by atoms with Crippen molar-refractivity contribution in [2.24, 2.45) is 0 Å². The first-order chi connectivity index (χ1) is 20.9. The van der Waals surface area contributed by atoms with Crippen molar-refractivity contribution in [1.82, 2.24) is 0 Å². The zero-order chi connectivity index (χ0) is 32.2. The Bertz CT molecular complexity index is 1230. The molecule has 2 N–H and O–H groups in total. The van der Waals surface area contributed by atoms with E-state index >= 15 is 0 Å². The summed E-state index contributed by atoms with van der Waals surface area (Å²) < 4.78 is 30.8. The number of aliphatic hydroxyl groups is 2. The van der Waals surface area contributed by atoms with Crippen LogP contribution in [0.3, 0.4) is 0 Å². The topological polar surface area (TPSA) is 104 Å². The third-order valence-electron chi connectivity index (χ3n) is 8.09. The predicted molar refractivity (Wildman–Crippen MR) is 172 cm³/mol. The molecular weight excluding hydrogens is 576 g/mol. The van der Waals surface area contributed by atoms with Gasteiger partial charge in [-0.25, -0.2) is 4.79 Å². The van der Waals surface area contributed by atoms with Gasteiger partial charge in [0.2, 0.25) is 0 Å². The summed E-state index contributed by atoms with van der Waals surface area (Å²) in [5.74, 6) is -0.980. The number of ether oxygens (including phenoxy) is 4. The Balaban J connectivity index is 2.03. The summed E-state index contributed by atoms with van der Waals surface area (Å²) in [7, 11) is -1.10. The van der Waals surface area contributed by atoms with Gasteiger partial charge in [0.25, 0.3) is 0 Å². The van der Waals surface area contributed by atoms with Crippen LogP contribution in [0.5, 0.6) is 0 Å². The number of aliphatic hydroxyl groups excluding tert-OH is 2. The van der Waals surface area contributed by atoms with Gasteiger partial charge in [-0.05, 0) is 34.8 Å². The highest BCUT2D eigenvalue weighted by molar-refractivity contribution is 6.74. The molecule has 0 spiro atoms. The van der Waals surface area contributed by atoms with Crippen molar-refractivity contribution in [3.05, 3.63) is 108 Å². The molecule has 3 aromatic rings. The fraction of sp³-hybridized carbons (Fsp3) is 0.457. The van der Waals surface area contributed by atoms with Crippen LogP contribution in [-0.2, 0) is 48.0 Å². The lowest BCUT2D eigenvalue weighted by Crippen LogP contribution is -2.56. The van der Waals surface area contributed by atoms with Gasteiger partial charge in [0, 0.05) is 0 Å². The Morgan fingerprint density at radius 3 is 1.52 bits per heavy atom. The van der Waals surface area contributed by atoms with Gasteiger partial charge in [-0.3, -0.25) is 0 Å². The van der Waals surface area contributed by atoms with Crippen LogP contribution in [0.2, 0.25) is 18.1 Å². The van der Waals surface area contributed by atoms with Crippen LogP contribution in [-0.4, -0.2) is 68.7 Å². The first kappa shape index (κ1) is 35.6. The molecule has 0 saturated heterocycles. The average molecular weight is 625 g/mol. The van der Waals surface area contributed by atoms with E-state index in [2.05, 4.69) is 33.9 Å². The smallest absolute Gasteiger partial charge is 0.337 e. The van der Waals surface area contributed by atoms with Gasteiger partial charge in [0.1, 0.15) is 24.4 Å². The molecule has 0 unspecified atom stereocenters. The van der Waals surface area contributed by atoms with Gasteiger partial charge in [0.15, 0.2) is 14.4 Å². The Hall–Kier alpha value is -2.89. The number of carbonyl (C=O) groups excluding carboxylic acids is 1. The second kappa shape index (κ2) is 17.0. The summed E-state index contributed by atoms with van der Waals surface area (Å²) in [4.78, 5) is 12.4. The summed E-state index contributed by atoms with van der Waals surface area (Å²) in [5.41, 5.74) is 2.69. The fourth-order valence-electron chi connectivity index (χ4n) is 4.30. The molecule has 44 heavy (non-hydrogen) atoms. The third kappa shape index (κ3) is 10.6. The zero-order valence-corrected chi connectivity index (χ0v) is 27.7. The Labute approximate surface area is 263 Å². The van der Waals surface area contributed by atoms with E-state index in [1.54, 1.807) is 0 Å². The molecule has 0 fully saturated rings. The molecule has 0 heterocycles. The van der Waals surface area contributed by atoms with E-state index < -0.39 is 44.8 Å². The highest BCUT2D eigenvalue weighted by Crippen LogP contribution is 2.37. The molecule has 9 heteroatoms. The molecule has 240 valence electrons. The minimum Gasteiger partial charge on any atom is -0.467 e. The van der Waals surface area contributed by atoms with Crippen molar-refractivity contribution in [1.29, 1.82) is 0 Å². The van der Waals surface area contributed by atoms with Crippen molar-refractivity contribution in [3.8, 4) is 0 Å². The first-order valence-electron chi connectivity index (χ1n) is 15.0. The maximum atomic E-state index is 12.4. The highest BCUT2D eigenvalue weighted by Gasteiger charge is 2.44. The molecular formula is C35H48O8Si. The van der Waals surface area contributed by atoms with Crippen LogP contribution in [0.15, 0.2) is 91.0 Å². The van der Waals surface area contributed by atoms with E-state index in [-0.39, 0.29) is 31.5 Å². The molecule has 8 nitrogen and oxygen atoms in total. The lowest BCUT2D eigenvalue weighted by molar-refractivity contribution is -0.204. The summed E-state index contributed by atoms with van der Waals surface area (Å²) in [5, 5.41) is 22.2. The number of benzene rings is 3. The van der Waals surface area contributed by atoms with E-state index in [1.807, 2.05) is 91.0 Å². The largest absolute Gasteiger partial charge is 0.467 e. The normalized spacial score (nSPS) is 15.6. The van der Waals surface area contributed by atoms with Gasteiger partial charge in [0.05, 0.1) is 33.5 Å². The standard InChI is InChI=1S/C35H48O8Si/c1-35(2,3)44(5,6)43-25-29(40-22-26-16-10-7-11-17-26)32(41-23-27-18-12-8-13-19-27)33(30(36)31(37)34(38)39-4)42-24-28-20-14-9-15-21-28/h7-21,29-33,36-37H,22-25H2,1-6H3/t29-,30+,31+,32+,33+/m1/s1. The van der Waals surface area contributed by atoms with Crippen LogP contribution < -0.4 is 0 Å². The summed E-state index contributed by atoms with van der Waals surface area (Å²) in [6, 6.07) is 28.8. The Kier molecular flexibility index (Phi) is 13.7. The number of hydrogen-bond acceptors (Lipinski definition) is 8. The average Bonchev–Trinajstić information content (AvgIpc) is 3.02. The van der Waals surface area contributed by atoms with Crippen LogP contribution in [0.25, 0.3) is 0 Å². The molecule has 0 aliphatic carbocycles. The van der Waals surface area contributed by atoms with E-state index in [0.717, 1.165) is 23.8 Å². The SMILES string of the molecule is COC(=O)[C@@H](O)[C@H](O)[C@H](OCc1ccccc1)[C@@H](OCc1ccccc1)[C@@H](CO[Si](C)(C)C(C)(C)C)OCc1ccccc1. The molecule has 0 radical (unpaired) electrons. The minimum atomic E-state index is -2.25. The van der Waals surface area contributed by atoms with Crippen LogP contribution in [0.1, 0.15) is 37.5 Å². The molecule has 3 rings (SSSR count). The van der Waals surface area contributed by atoms with Crippen molar-refractivity contribution in [3.63, 3.8) is 0 Å². The molecule has 0 amide bonds. The fourth-order valence-corrected chi connectivity index (χ4v) is 5.31. The summed E-state index contributed by atoms with van der Waals surface area (Å²) in [6.07, 6.45) is -6.46. The lowest BCUT2D eigenvalue weighted by atomic mass is 9.98. The van der Waals surface area contributed by atoms with Gasteiger partial charge < -0.3 is 33.6 Å². The quantitative estimate of drug-likeness (QED) is 0.147. The van der Waals surface area contributed by atoms with Crippen molar-refractivity contribution in [2.45, 2.75) is 89.2 Å². The number of hydrogen-bond donors (Lipinski definition) is 2. The van der Waals surface area contributed by atoms with Gasteiger partial charge >= 0.3 is 5.97 Å². The molecule has 0 aromatic heterocycles. The number of methoxy groups -OCH3 is 1. The van der Waals surface area contributed by atoms with Crippen molar-refractivity contribution < 1.29 is 38.4 Å². The van der Waals surface area contributed by atoms with Gasteiger partial charge in [-0.1, -0.05) is 112 Å². The number of rotatable bonds is 17. The lowest BCUT2D eigenvalue weighted by Gasteiger charge is -2.40. The van der Waals surface area contributed by atoms with Crippen LogP contribution in [0, 0.1) is 0 Å². The zero-order valence-electron chi connectivity index (χ0n) is 26.7. The molecule has 0 aliphatic rings. The highest BCUT2D eigenvalue weighted by atomic mass is 28.4. The predicted octanol–water partition coefficient (Wildman–Crippen LogP) is 5.66. The Morgan fingerprint density at radius 1 is 0.705 bits per heavy atom. The molecule has 5 atom stereocenters. The number of carbonyl (C=O) groups is 1. The van der Waals surface area contributed by atoms with E-state index in [4.69, 9.17) is 23.4 Å². The van der Waals surface area contributed by atoms with E-state index in [9.17, 15) is 15.0 Å². The van der Waals surface area contributed by atoms with Gasteiger partial charge in [-0.15, -0.1) is 0 Å². The maximum Gasteiger partial charge on any atom is 0.337 e. The Morgan fingerprint density at radius 2 is 1.11 bits per heavy atom. The molecule has 3 aromatic carbocycles. The number of esters is 1. The molecule has 0 aliphatic heterocycles.